The van der Waals surface area contributed by atoms with Crippen LogP contribution >= 0.6 is 11.3 Å². The van der Waals surface area contributed by atoms with Crippen LogP contribution in [0.25, 0.3) is 11.4 Å². The summed E-state index contributed by atoms with van der Waals surface area (Å²) >= 11 is 1.57. The fourth-order valence-corrected chi connectivity index (χ4v) is 3.87. The number of nitrogens with zero attached hydrogens (tertiary/aromatic N) is 5. The van der Waals surface area contributed by atoms with Crippen molar-refractivity contribution < 1.29 is 4.79 Å². The molecule has 3 aromatic rings. The van der Waals surface area contributed by atoms with Crippen molar-refractivity contribution >= 4 is 17.2 Å². The zero-order chi connectivity index (χ0) is 17.4. The quantitative estimate of drug-likeness (QED) is 0.726. The van der Waals surface area contributed by atoms with Crippen LogP contribution in [0.3, 0.4) is 0 Å². The average molecular weight is 353 g/mol. The van der Waals surface area contributed by atoms with Gasteiger partial charge < -0.3 is 9.47 Å². The molecule has 25 heavy (non-hydrogen) atoms. The SMILES string of the molecule is Cc1nc(CC(=O)N2Cc3nnc(-c4ccccc4)n3[C@@H](C)C2)cs1. The molecule has 0 aliphatic carbocycles. The number of fused-ring (bicyclic) bond motifs is 1. The van der Waals surface area contributed by atoms with Crippen LogP contribution in [0.1, 0.15) is 29.5 Å². The lowest BCUT2D eigenvalue weighted by molar-refractivity contribution is -0.132. The van der Waals surface area contributed by atoms with E-state index in [4.69, 9.17) is 0 Å². The Balaban J connectivity index is 1.56. The monoisotopic (exact) mass is 353 g/mol. The van der Waals surface area contributed by atoms with Gasteiger partial charge in [-0.15, -0.1) is 21.5 Å². The summed E-state index contributed by atoms with van der Waals surface area (Å²) in [5, 5.41) is 11.6. The number of thiazole rings is 1. The first-order valence-electron chi connectivity index (χ1n) is 8.30. The molecule has 0 fully saturated rings. The summed E-state index contributed by atoms with van der Waals surface area (Å²) in [7, 11) is 0. The maximum atomic E-state index is 12.6. The Hall–Kier alpha value is -2.54. The smallest absolute Gasteiger partial charge is 0.229 e. The van der Waals surface area contributed by atoms with E-state index in [9.17, 15) is 4.79 Å². The summed E-state index contributed by atoms with van der Waals surface area (Å²) < 4.78 is 2.14. The molecule has 6 nitrogen and oxygen atoms in total. The maximum Gasteiger partial charge on any atom is 0.229 e. The van der Waals surface area contributed by atoms with Crippen molar-refractivity contribution in [1.29, 1.82) is 0 Å². The van der Waals surface area contributed by atoms with Crippen LogP contribution in [-0.2, 0) is 17.8 Å². The number of amides is 1. The average Bonchev–Trinajstić information content (AvgIpc) is 3.22. The maximum absolute atomic E-state index is 12.6. The molecular formula is C18H19N5OS. The number of benzene rings is 1. The minimum atomic E-state index is 0.0904. The second-order valence-corrected chi connectivity index (χ2v) is 7.40. The van der Waals surface area contributed by atoms with E-state index in [0.29, 0.717) is 19.5 Å². The molecule has 0 radical (unpaired) electrons. The molecule has 3 heterocycles. The zero-order valence-electron chi connectivity index (χ0n) is 14.2. The van der Waals surface area contributed by atoms with Crippen molar-refractivity contribution in [2.24, 2.45) is 0 Å². The van der Waals surface area contributed by atoms with Gasteiger partial charge in [0, 0.05) is 17.5 Å². The molecule has 1 atom stereocenters. The molecular weight excluding hydrogens is 334 g/mol. The Morgan fingerprint density at radius 2 is 2.08 bits per heavy atom. The number of aromatic nitrogens is 4. The van der Waals surface area contributed by atoms with E-state index >= 15 is 0 Å². The minimum Gasteiger partial charge on any atom is -0.333 e. The van der Waals surface area contributed by atoms with Crippen molar-refractivity contribution in [2.45, 2.75) is 32.9 Å². The molecule has 1 amide bonds. The summed E-state index contributed by atoms with van der Waals surface area (Å²) in [5.74, 6) is 1.79. The molecule has 0 unspecified atom stereocenters. The van der Waals surface area contributed by atoms with Crippen molar-refractivity contribution in [2.75, 3.05) is 6.54 Å². The highest BCUT2D eigenvalue weighted by atomic mass is 32.1. The van der Waals surface area contributed by atoms with Gasteiger partial charge in [0.15, 0.2) is 11.6 Å². The molecule has 4 rings (SSSR count). The number of aryl methyl sites for hydroxylation is 1. The van der Waals surface area contributed by atoms with Crippen LogP contribution in [0.2, 0.25) is 0 Å². The fraction of sp³-hybridized carbons (Fsp3) is 0.333. The van der Waals surface area contributed by atoms with Gasteiger partial charge in [-0.2, -0.15) is 0 Å². The summed E-state index contributed by atoms with van der Waals surface area (Å²) in [6, 6.07) is 10.2. The van der Waals surface area contributed by atoms with Gasteiger partial charge in [0.1, 0.15) is 0 Å². The second-order valence-electron chi connectivity index (χ2n) is 6.33. The van der Waals surface area contributed by atoms with Crippen molar-refractivity contribution in [3.05, 3.63) is 52.2 Å². The molecule has 1 aliphatic heterocycles. The summed E-state index contributed by atoms with van der Waals surface area (Å²) in [4.78, 5) is 18.9. The normalized spacial score (nSPS) is 16.7. The Kier molecular flexibility index (Phi) is 4.09. The molecule has 0 bridgehead atoms. The van der Waals surface area contributed by atoms with Gasteiger partial charge in [0.25, 0.3) is 0 Å². The first-order valence-corrected chi connectivity index (χ1v) is 9.18. The van der Waals surface area contributed by atoms with Gasteiger partial charge in [0.05, 0.1) is 29.7 Å². The number of carbonyl (C=O) groups is 1. The van der Waals surface area contributed by atoms with E-state index in [0.717, 1.165) is 27.9 Å². The molecule has 0 saturated carbocycles. The van der Waals surface area contributed by atoms with E-state index in [2.05, 4.69) is 26.7 Å². The second kappa shape index (κ2) is 6.40. The van der Waals surface area contributed by atoms with Crippen LogP contribution in [0.15, 0.2) is 35.7 Å². The van der Waals surface area contributed by atoms with Gasteiger partial charge in [-0.1, -0.05) is 30.3 Å². The van der Waals surface area contributed by atoms with Crippen molar-refractivity contribution in [3.63, 3.8) is 0 Å². The molecule has 1 aliphatic rings. The van der Waals surface area contributed by atoms with Crippen LogP contribution in [-0.4, -0.2) is 37.1 Å². The van der Waals surface area contributed by atoms with Crippen LogP contribution in [0, 0.1) is 6.92 Å². The van der Waals surface area contributed by atoms with Gasteiger partial charge in [-0.05, 0) is 13.8 Å². The molecule has 0 N–H and O–H groups in total. The standard InChI is InChI=1S/C18H19N5OS/c1-12-9-22(17(24)8-15-11-25-13(2)19-15)10-16-20-21-18(23(12)16)14-6-4-3-5-7-14/h3-7,11-12H,8-10H2,1-2H3/t12-/m0/s1. The summed E-state index contributed by atoms with van der Waals surface area (Å²) in [5.41, 5.74) is 1.89. The van der Waals surface area contributed by atoms with Crippen molar-refractivity contribution in [1.82, 2.24) is 24.6 Å². The molecule has 0 saturated heterocycles. The van der Waals surface area contributed by atoms with E-state index in [1.165, 1.54) is 0 Å². The number of hydrogen-bond acceptors (Lipinski definition) is 5. The lowest BCUT2D eigenvalue weighted by Crippen LogP contribution is -2.41. The first kappa shape index (κ1) is 16.0. The summed E-state index contributed by atoms with van der Waals surface area (Å²) in [6.07, 6.45) is 0.344. The predicted molar refractivity (Wildman–Crippen MR) is 96.1 cm³/mol. The minimum absolute atomic E-state index is 0.0904. The van der Waals surface area contributed by atoms with E-state index in [-0.39, 0.29) is 11.9 Å². The van der Waals surface area contributed by atoms with Crippen LogP contribution in [0.4, 0.5) is 0 Å². The van der Waals surface area contributed by atoms with Gasteiger partial charge >= 0.3 is 0 Å². The third-order valence-electron chi connectivity index (χ3n) is 4.41. The van der Waals surface area contributed by atoms with Gasteiger partial charge in [-0.25, -0.2) is 4.98 Å². The van der Waals surface area contributed by atoms with Gasteiger partial charge in [0.2, 0.25) is 5.91 Å². The first-order chi connectivity index (χ1) is 12.1. The van der Waals surface area contributed by atoms with Crippen LogP contribution < -0.4 is 0 Å². The fourth-order valence-electron chi connectivity index (χ4n) is 3.26. The highest BCUT2D eigenvalue weighted by molar-refractivity contribution is 7.09. The molecule has 128 valence electrons. The van der Waals surface area contributed by atoms with Crippen molar-refractivity contribution in [3.8, 4) is 11.4 Å². The Labute approximate surface area is 150 Å². The third-order valence-corrected chi connectivity index (χ3v) is 5.23. The molecule has 0 spiro atoms. The van der Waals surface area contributed by atoms with E-state index in [1.54, 1.807) is 11.3 Å². The number of hydrogen-bond donors (Lipinski definition) is 0. The van der Waals surface area contributed by atoms with Gasteiger partial charge in [-0.3, -0.25) is 4.79 Å². The Morgan fingerprint density at radius 3 is 2.80 bits per heavy atom. The zero-order valence-corrected chi connectivity index (χ0v) is 15.0. The lowest BCUT2D eigenvalue weighted by Gasteiger charge is -2.32. The lowest BCUT2D eigenvalue weighted by atomic mass is 10.1. The number of rotatable bonds is 3. The topological polar surface area (TPSA) is 63.9 Å². The van der Waals surface area contributed by atoms with Crippen LogP contribution in [0.5, 0.6) is 0 Å². The Morgan fingerprint density at radius 1 is 1.28 bits per heavy atom. The summed E-state index contributed by atoms with van der Waals surface area (Å²) in [6.45, 7) is 5.21. The predicted octanol–water partition coefficient (Wildman–Crippen LogP) is 2.86. The Bertz CT molecular complexity index is 901. The third kappa shape index (κ3) is 3.07. The number of carbonyl (C=O) groups excluding carboxylic acids is 1. The molecule has 7 heteroatoms. The highest BCUT2D eigenvalue weighted by Gasteiger charge is 2.29. The highest BCUT2D eigenvalue weighted by Crippen LogP contribution is 2.27. The molecule has 2 aromatic heterocycles. The van der Waals surface area contributed by atoms with E-state index in [1.807, 2.05) is 47.5 Å². The van der Waals surface area contributed by atoms with E-state index < -0.39 is 0 Å². The largest absolute Gasteiger partial charge is 0.333 e. The molecule has 1 aromatic carbocycles.